The number of nitrogens with two attached hydrogens (primary N) is 1. The first kappa shape index (κ1) is 12.3. The zero-order valence-corrected chi connectivity index (χ0v) is 10.3. The molecule has 0 atom stereocenters. The molecule has 0 saturated heterocycles. The lowest BCUT2D eigenvalue weighted by atomic mass is 10.1. The van der Waals surface area contributed by atoms with Crippen LogP contribution in [0.5, 0.6) is 0 Å². The second kappa shape index (κ2) is 5.46. The molecular formula is C13H16N4O. The van der Waals surface area contributed by atoms with Crippen molar-refractivity contribution < 1.29 is 4.79 Å². The van der Waals surface area contributed by atoms with Gasteiger partial charge >= 0.3 is 0 Å². The van der Waals surface area contributed by atoms with Crippen LogP contribution in [-0.4, -0.2) is 29.3 Å². The fourth-order valence-electron chi connectivity index (χ4n) is 1.81. The van der Waals surface area contributed by atoms with Crippen LogP contribution in [0.4, 0.5) is 0 Å². The fraction of sp³-hybridized carbons (Fsp3) is 0.231. The van der Waals surface area contributed by atoms with Crippen LogP contribution in [-0.2, 0) is 6.42 Å². The summed E-state index contributed by atoms with van der Waals surface area (Å²) in [6.07, 6.45) is 2.56. The van der Waals surface area contributed by atoms with Crippen molar-refractivity contribution in [1.82, 2.24) is 15.1 Å². The minimum absolute atomic E-state index is 0.190. The van der Waals surface area contributed by atoms with Gasteiger partial charge in [0.05, 0.1) is 5.69 Å². The zero-order chi connectivity index (χ0) is 13.0. The highest BCUT2D eigenvalue weighted by molar-refractivity contribution is 5.91. The molecule has 1 aromatic heterocycles. The van der Waals surface area contributed by atoms with E-state index in [2.05, 4.69) is 10.4 Å². The van der Waals surface area contributed by atoms with Crippen molar-refractivity contribution in [2.45, 2.75) is 6.42 Å². The Kier molecular flexibility index (Phi) is 3.74. The van der Waals surface area contributed by atoms with Crippen molar-refractivity contribution in [2.24, 2.45) is 5.73 Å². The van der Waals surface area contributed by atoms with E-state index in [1.54, 1.807) is 24.0 Å². The maximum absolute atomic E-state index is 11.5. The van der Waals surface area contributed by atoms with Gasteiger partial charge in [-0.3, -0.25) is 4.79 Å². The largest absolute Gasteiger partial charge is 0.354 e. The number of rotatable bonds is 4. The van der Waals surface area contributed by atoms with Crippen molar-refractivity contribution in [3.8, 4) is 5.69 Å². The molecule has 0 radical (unpaired) electrons. The van der Waals surface area contributed by atoms with E-state index in [-0.39, 0.29) is 5.91 Å². The molecule has 5 heteroatoms. The molecule has 0 fully saturated rings. The monoisotopic (exact) mass is 244 g/mol. The summed E-state index contributed by atoms with van der Waals surface area (Å²) in [7, 11) is 1.59. The van der Waals surface area contributed by atoms with Crippen molar-refractivity contribution >= 4 is 5.91 Å². The van der Waals surface area contributed by atoms with Gasteiger partial charge in [0.15, 0.2) is 5.69 Å². The van der Waals surface area contributed by atoms with Crippen LogP contribution in [0, 0.1) is 0 Å². The van der Waals surface area contributed by atoms with E-state index in [1.165, 1.54) is 0 Å². The Labute approximate surface area is 106 Å². The summed E-state index contributed by atoms with van der Waals surface area (Å²) in [5.41, 5.74) is 8.07. The first-order chi connectivity index (χ1) is 8.76. The average molecular weight is 244 g/mol. The maximum Gasteiger partial charge on any atom is 0.271 e. The first-order valence-corrected chi connectivity index (χ1v) is 5.82. The Morgan fingerprint density at radius 3 is 2.89 bits per heavy atom. The van der Waals surface area contributed by atoms with E-state index in [0.717, 1.165) is 17.7 Å². The van der Waals surface area contributed by atoms with Gasteiger partial charge in [0, 0.05) is 13.2 Å². The lowest BCUT2D eigenvalue weighted by molar-refractivity contribution is 0.0957. The molecule has 0 aliphatic rings. The summed E-state index contributed by atoms with van der Waals surface area (Å²) in [6, 6.07) is 9.58. The van der Waals surface area contributed by atoms with Crippen LogP contribution in [0.1, 0.15) is 16.1 Å². The highest BCUT2D eigenvalue weighted by atomic mass is 16.1. The number of carbonyl (C=O) groups is 1. The normalized spacial score (nSPS) is 10.3. The first-order valence-electron chi connectivity index (χ1n) is 5.82. The van der Waals surface area contributed by atoms with E-state index in [1.807, 2.05) is 24.3 Å². The number of hydrogen-bond acceptors (Lipinski definition) is 3. The van der Waals surface area contributed by atoms with Crippen LogP contribution >= 0.6 is 0 Å². The number of carbonyl (C=O) groups excluding carboxylic acids is 1. The van der Waals surface area contributed by atoms with Crippen molar-refractivity contribution in [2.75, 3.05) is 13.6 Å². The molecule has 0 bridgehead atoms. The van der Waals surface area contributed by atoms with Crippen LogP contribution in [0.15, 0.2) is 36.5 Å². The third kappa shape index (κ3) is 2.41. The fourth-order valence-corrected chi connectivity index (χ4v) is 1.81. The molecule has 1 aromatic carbocycles. The van der Waals surface area contributed by atoms with E-state index < -0.39 is 0 Å². The molecule has 0 aliphatic carbocycles. The predicted octanol–water partition coefficient (Wildman–Crippen LogP) is 0.733. The third-order valence-electron chi connectivity index (χ3n) is 2.70. The summed E-state index contributed by atoms with van der Waals surface area (Å²) in [5.74, 6) is -0.190. The number of para-hydroxylation sites is 1. The van der Waals surface area contributed by atoms with Gasteiger partial charge in [0.25, 0.3) is 5.91 Å². The van der Waals surface area contributed by atoms with Gasteiger partial charge in [0.2, 0.25) is 0 Å². The quantitative estimate of drug-likeness (QED) is 0.833. The van der Waals surface area contributed by atoms with Gasteiger partial charge < -0.3 is 11.1 Å². The lowest BCUT2D eigenvalue weighted by Crippen LogP contribution is -2.18. The molecule has 5 nitrogen and oxygen atoms in total. The Morgan fingerprint density at radius 1 is 1.39 bits per heavy atom. The maximum atomic E-state index is 11.5. The molecule has 1 heterocycles. The molecule has 3 N–H and O–H groups in total. The van der Waals surface area contributed by atoms with Gasteiger partial charge in [0.1, 0.15) is 0 Å². The van der Waals surface area contributed by atoms with E-state index in [0.29, 0.717) is 12.2 Å². The van der Waals surface area contributed by atoms with Crippen molar-refractivity contribution in [1.29, 1.82) is 0 Å². The summed E-state index contributed by atoms with van der Waals surface area (Å²) in [4.78, 5) is 11.5. The summed E-state index contributed by atoms with van der Waals surface area (Å²) < 4.78 is 1.70. The number of aromatic nitrogens is 2. The molecule has 0 aliphatic heterocycles. The lowest BCUT2D eigenvalue weighted by Gasteiger charge is -2.08. The summed E-state index contributed by atoms with van der Waals surface area (Å²) in [5, 5.41) is 6.81. The molecule has 2 aromatic rings. The standard InChI is InChI=1S/C13H16N4O/c1-15-13(18)11-7-9-17(16-11)12-5-3-2-4-10(12)6-8-14/h2-5,7,9H,6,8,14H2,1H3,(H,15,18). The number of benzene rings is 1. The Hall–Kier alpha value is -2.14. The molecule has 0 unspecified atom stereocenters. The topological polar surface area (TPSA) is 72.9 Å². The van der Waals surface area contributed by atoms with Crippen LogP contribution < -0.4 is 11.1 Å². The van der Waals surface area contributed by atoms with Gasteiger partial charge in [-0.2, -0.15) is 5.10 Å². The molecular weight excluding hydrogens is 228 g/mol. The summed E-state index contributed by atoms with van der Waals surface area (Å²) in [6.45, 7) is 0.584. The highest BCUT2D eigenvalue weighted by Gasteiger charge is 2.09. The molecule has 1 amide bonds. The van der Waals surface area contributed by atoms with Crippen LogP contribution in [0.3, 0.4) is 0 Å². The van der Waals surface area contributed by atoms with Crippen molar-refractivity contribution in [3.63, 3.8) is 0 Å². The number of hydrogen-bond donors (Lipinski definition) is 2. The second-order valence-electron chi connectivity index (χ2n) is 3.89. The Balaban J connectivity index is 2.36. The van der Waals surface area contributed by atoms with Crippen molar-refractivity contribution in [3.05, 3.63) is 47.8 Å². The Morgan fingerprint density at radius 2 is 2.17 bits per heavy atom. The van der Waals surface area contributed by atoms with Gasteiger partial charge in [-0.15, -0.1) is 0 Å². The number of nitrogens with zero attached hydrogens (tertiary/aromatic N) is 2. The summed E-state index contributed by atoms with van der Waals surface area (Å²) >= 11 is 0. The minimum atomic E-state index is -0.190. The van der Waals surface area contributed by atoms with Crippen LogP contribution in [0.25, 0.3) is 5.69 Å². The zero-order valence-electron chi connectivity index (χ0n) is 10.3. The highest BCUT2D eigenvalue weighted by Crippen LogP contribution is 2.14. The van der Waals surface area contributed by atoms with E-state index >= 15 is 0 Å². The van der Waals surface area contributed by atoms with Gasteiger partial charge in [-0.25, -0.2) is 4.68 Å². The molecule has 0 saturated carbocycles. The van der Waals surface area contributed by atoms with Gasteiger partial charge in [-0.1, -0.05) is 18.2 Å². The molecule has 18 heavy (non-hydrogen) atoms. The van der Waals surface area contributed by atoms with E-state index in [4.69, 9.17) is 5.73 Å². The molecule has 94 valence electrons. The SMILES string of the molecule is CNC(=O)c1ccn(-c2ccccc2CCN)n1. The third-order valence-corrected chi connectivity index (χ3v) is 2.70. The minimum Gasteiger partial charge on any atom is -0.354 e. The van der Waals surface area contributed by atoms with Crippen LogP contribution in [0.2, 0.25) is 0 Å². The molecule has 0 spiro atoms. The molecule has 2 rings (SSSR count). The average Bonchev–Trinajstić information content (AvgIpc) is 2.88. The van der Waals surface area contributed by atoms with E-state index in [9.17, 15) is 4.79 Å². The second-order valence-corrected chi connectivity index (χ2v) is 3.89. The Bertz CT molecular complexity index is 547. The van der Waals surface area contributed by atoms with Gasteiger partial charge in [-0.05, 0) is 30.7 Å². The number of amides is 1. The predicted molar refractivity (Wildman–Crippen MR) is 69.7 cm³/mol. The number of nitrogens with one attached hydrogen (secondary N) is 1. The smallest absolute Gasteiger partial charge is 0.271 e.